The summed E-state index contributed by atoms with van der Waals surface area (Å²) in [6.07, 6.45) is 0. The topological polar surface area (TPSA) is 0 Å². The first-order valence-corrected chi connectivity index (χ1v) is 7.99. The maximum atomic E-state index is 3.82. The van der Waals surface area contributed by atoms with E-state index in [9.17, 15) is 0 Å². The Balaban J connectivity index is 2.47. The lowest BCUT2D eigenvalue weighted by Gasteiger charge is -2.13. The Morgan fingerprint density at radius 1 is 1.12 bits per heavy atom. The lowest BCUT2D eigenvalue weighted by Crippen LogP contribution is -1.94. The molecule has 0 aliphatic rings. The Morgan fingerprint density at radius 3 is 2.41 bits per heavy atom. The van der Waals surface area contributed by atoms with E-state index in [4.69, 9.17) is 0 Å². The normalized spacial score (nSPS) is 12.8. The SMILES string of the molecule is Cc1cc(C)c(C(Br)c2cccc(C)c2Br)s1. The Bertz CT molecular complexity index is 543. The molecular weight excluding hydrogens is 360 g/mol. The number of benzene rings is 1. The van der Waals surface area contributed by atoms with E-state index in [2.05, 4.69) is 76.9 Å². The highest BCUT2D eigenvalue weighted by molar-refractivity contribution is 9.11. The first-order chi connectivity index (χ1) is 8.00. The summed E-state index contributed by atoms with van der Waals surface area (Å²) in [6, 6.07) is 8.66. The van der Waals surface area contributed by atoms with Crippen LogP contribution in [0.3, 0.4) is 0 Å². The lowest BCUT2D eigenvalue weighted by atomic mass is 10.1. The molecule has 0 saturated heterocycles. The van der Waals surface area contributed by atoms with Crippen LogP contribution in [-0.2, 0) is 0 Å². The summed E-state index contributed by atoms with van der Waals surface area (Å²) in [5.74, 6) is 0. The van der Waals surface area contributed by atoms with Gasteiger partial charge in [-0.05, 0) is 43.5 Å². The van der Waals surface area contributed by atoms with E-state index >= 15 is 0 Å². The van der Waals surface area contributed by atoms with Gasteiger partial charge < -0.3 is 0 Å². The van der Waals surface area contributed by atoms with Crippen LogP contribution in [0.1, 0.15) is 31.3 Å². The highest BCUT2D eigenvalue weighted by Crippen LogP contribution is 2.41. The van der Waals surface area contributed by atoms with Crippen LogP contribution in [0.15, 0.2) is 28.7 Å². The minimum Gasteiger partial charge on any atom is -0.144 e. The molecule has 0 aliphatic heterocycles. The van der Waals surface area contributed by atoms with Crippen LogP contribution in [0.4, 0.5) is 0 Å². The number of hydrogen-bond donors (Lipinski definition) is 0. The summed E-state index contributed by atoms with van der Waals surface area (Å²) in [6.45, 7) is 6.46. The average Bonchev–Trinajstić information content (AvgIpc) is 2.61. The monoisotopic (exact) mass is 372 g/mol. The highest BCUT2D eigenvalue weighted by atomic mass is 79.9. The van der Waals surface area contributed by atoms with E-state index in [0.29, 0.717) is 0 Å². The van der Waals surface area contributed by atoms with Crippen molar-refractivity contribution in [1.82, 2.24) is 0 Å². The zero-order chi connectivity index (χ0) is 12.6. The van der Waals surface area contributed by atoms with Gasteiger partial charge in [-0.2, -0.15) is 0 Å². The van der Waals surface area contributed by atoms with E-state index in [1.54, 1.807) is 0 Å². The summed E-state index contributed by atoms with van der Waals surface area (Å²) >= 11 is 9.37. The Morgan fingerprint density at radius 2 is 1.82 bits per heavy atom. The van der Waals surface area contributed by atoms with E-state index < -0.39 is 0 Å². The predicted octanol–water partition coefficient (Wildman–Crippen LogP) is 5.92. The van der Waals surface area contributed by atoms with Crippen LogP contribution in [0.2, 0.25) is 0 Å². The number of halogens is 2. The summed E-state index contributed by atoms with van der Waals surface area (Å²) < 4.78 is 1.20. The standard InChI is InChI=1S/C14H14Br2S/c1-8-5-4-6-11(12(8)15)13(16)14-9(2)7-10(3)17-14/h4-7,13H,1-3H3. The van der Waals surface area contributed by atoms with Gasteiger partial charge in [-0.15, -0.1) is 11.3 Å². The van der Waals surface area contributed by atoms with Crippen LogP contribution < -0.4 is 0 Å². The van der Waals surface area contributed by atoms with Crippen LogP contribution >= 0.6 is 43.2 Å². The third kappa shape index (κ3) is 2.67. The number of alkyl halides is 1. The van der Waals surface area contributed by atoms with Gasteiger partial charge >= 0.3 is 0 Å². The van der Waals surface area contributed by atoms with Gasteiger partial charge in [0.25, 0.3) is 0 Å². The molecule has 0 spiro atoms. The fraction of sp³-hybridized carbons (Fsp3) is 0.286. The molecule has 1 unspecified atom stereocenters. The molecule has 2 rings (SSSR count). The largest absolute Gasteiger partial charge is 0.144 e. The van der Waals surface area contributed by atoms with E-state index in [1.165, 1.54) is 30.9 Å². The molecular formula is C14H14Br2S. The Labute approximate surface area is 123 Å². The zero-order valence-corrected chi connectivity index (χ0v) is 14.0. The van der Waals surface area contributed by atoms with Gasteiger partial charge in [-0.3, -0.25) is 0 Å². The summed E-state index contributed by atoms with van der Waals surface area (Å²) in [5.41, 5.74) is 3.94. The molecule has 17 heavy (non-hydrogen) atoms. The molecule has 1 heterocycles. The van der Waals surface area contributed by atoms with Gasteiger partial charge in [0.2, 0.25) is 0 Å². The van der Waals surface area contributed by atoms with Crippen molar-refractivity contribution in [2.75, 3.05) is 0 Å². The Kier molecular flexibility index (Phi) is 4.11. The third-order valence-corrected chi connectivity index (χ3v) is 6.36. The van der Waals surface area contributed by atoms with Crippen LogP contribution in [-0.4, -0.2) is 0 Å². The smallest absolute Gasteiger partial charge is 0.0751 e. The number of hydrogen-bond acceptors (Lipinski definition) is 1. The van der Waals surface area contributed by atoms with Crippen molar-refractivity contribution in [1.29, 1.82) is 0 Å². The van der Waals surface area contributed by atoms with Crippen molar-refractivity contribution >= 4 is 43.2 Å². The minimum atomic E-state index is 0.274. The van der Waals surface area contributed by atoms with Crippen LogP contribution in [0.25, 0.3) is 0 Å². The number of rotatable bonds is 2. The van der Waals surface area contributed by atoms with E-state index in [-0.39, 0.29) is 4.83 Å². The number of thiophene rings is 1. The van der Waals surface area contributed by atoms with Gasteiger partial charge in [0, 0.05) is 14.2 Å². The van der Waals surface area contributed by atoms with Gasteiger partial charge in [-0.1, -0.05) is 50.1 Å². The molecule has 2 aromatic rings. The molecule has 1 aromatic carbocycles. The third-order valence-electron chi connectivity index (χ3n) is 2.80. The first kappa shape index (κ1) is 13.3. The summed E-state index contributed by atoms with van der Waals surface area (Å²) in [4.78, 5) is 3.04. The van der Waals surface area contributed by atoms with Crippen LogP contribution in [0.5, 0.6) is 0 Å². The molecule has 0 N–H and O–H groups in total. The second-order valence-corrected chi connectivity index (χ2v) is 7.24. The molecule has 1 atom stereocenters. The summed E-state index contributed by atoms with van der Waals surface area (Å²) in [7, 11) is 0. The van der Waals surface area contributed by atoms with Crippen LogP contribution in [0, 0.1) is 20.8 Å². The maximum absolute atomic E-state index is 3.82. The number of aryl methyl sites for hydroxylation is 3. The van der Waals surface area contributed by atoms with Crippen molar-refractivity contribution in [2.45, 2.75) is 25.6 Å². The predicted molar refractivity (Wildman–Crippen MR) is 83.4 cm³/mol. The quantitative estimate of drug-likeness (QED) is 0.573. The van der Waals surface area contributed by atoms with Gasteiger partial charge in [0.1, 0.15) is 0 Å². The second-order valence-electron chi connectivity index (χ2n) is 4.24. The average molecular weight is 374 g/mol. The first-order valence-electron chi connectivity index (χ1n) is 5.46. The van der Waals surface area contributed by atoms with Crippen molar-refractivity contribution < 1.29 is 0 Å². The zero-order valence-electron chi connectivity index (χ0n) is 10.1. The maximum Gasteiger partial charge on any atom is 0.0751 e. The Hall–Kier alpha value is -0.120. The molecule has 0 amide bonds. The fourth-order valence-corrected chi connectivity index (χ4v) is 4.77. The molecule has 0 saturated carbocycles. The molecule has 3 heteroatoms. The molecule has 0 nitrogen and oxygen atoms in total. The van der Waals surface area contributed by atoms with Crippen molar-refractivity contribution in [3.8, 4) is 0 Å². The van der Waals surface area contributed by atoms with E-state index in [0.717, 1.165) is 0 Å². The minimum absolute atomic E-state index is 0.274. The lowest BCUT2D eigenvalue weighted by molar-refractivity contribution is 1.17. The highest BCUT2D eigenvalue weighted by Gasteiger charge is 2.18. The van der Waals surface area contributed by atoms with Crippen molar-refractivity contribution in [3.05, 3.63) is 55.2 Å². The summed E-state index contributed by atoms with van der Waals surface area (Å²) in [5, 5.41) is 0. The molecule has 0 bridgehead atoms. The van der Waals surface area contributed by atoms with E-state index in [1.807, 2.05) is 11.3 Å². The molecule has 0 aliphatic carbocycles. The van der Waals surface area contributed by atoms with Gasteiger partial charge in [0.15, 0.2) is 0 Å². The van der Waals surface area contributed by atoms with Gasteiger partial charge in [0.05, 0.1) is 4.83 Å². The fourth-order valence-electron chi connectivity index (χ4n) is 1.92. The van der Waals surface area contributed by atoms with Gasteiger partial charge in [-0.25, -0.2) is 0 Å². The molecule has 90 valence electrons. The molecule has 0 fully saturated rings. The van der Waals surface area contributed by atoms with Crippen molar-refractivity contribution in [2.24, 2.45) is 0 Å². The molecule has 0 radical (unpaired) electrons. The van der Waals surface area contributed by atoms with Crippen molar-refractivity contribution in [3.63, 3.8) is 0 Å². The molecule has 1 aromatic heterocycles. The second kappa shape index (κ2) is 5.25.